The predicted octanol–water partition coefficient (Wildman–Crippen LogP) is 2.69. The number of halogens is 1. The third-order valence-corrected chi connectivity index (χ3v) is 5.93. The monoisotopic (exact) mass is 316 g/mol. The number of nitro groups is 1. The smallest absolute Gasteiger partial charge is 0.258 e. The maximum absolute atomic E-state index is 13.7. The van der Waals surface area contributed by atoms with Gasteiger partial charge < -0.3 is 0 Å². The van der Waals surface area contributed by atoms with Gasteiger partial charge in [0, 0.05) is 24.2 Å². The Bertz CT molecular complexity index is 652. The predicted molar refractivity (Wildman–Crippen MR) is 74.9 cm³/mol. The van der Waals surface area contributed by atoms with Crippen molar-refractivity contribution in [1.29, 1.82) is 0 Å². The first-order valence-corrected chi connectivity index (χ1v) is 8.16. The lowest BCUT2D eigenvalue weighted by Gasteiger charge is -2.37. The first-order valence-electron chi connectivity index (χ1n) is 6.72. The molecule has 1 aromatic carbocycles. The first-order chi connectivity index (χ1) is 9.75. The van der Waals surface area contributed by atoms with Gasteiger partial charge in [0.25, 0.3) is 0 Å². The number of rotatable bonds is 3. The summed E-state index contributed by atoms with van der Waals surface area (Å²) < 4.78 is 40.3. The third kappa shape index (κ3) is 2.91. The Labute approximate surface area is 122 Å². The summed E-state index contributed by atoms with van der Waals surface area (Å²) in [6, 6.07) is 2.36. The van der Waals surface area contributed by atoms with Crippen molar-refractivity contribution in [2.24, 2.45) is 0 Å². The van der Waals surface area contributed by atoms with Crippen LogP contribution < -0.4 is 0 Å². The van der Waals surface area contributed by atoms with Crippen molar-refractivity contribution in [1.82, 2.24) is 4.31 Å². The summed E-state index contributed by atoms with van der Waals surface area (Å²) >= 11 is 0. The minimum Gasteiger partial charge on any atom is -0.258 e. The third-order valence-electron chi connectivity index (χ3n) is 3.80. The summed E-state index contributed by atoms with van der Waals surface area (Å²) in [5.41, 5.74) is -0.728. The summed E-state index contributed by atoms with van der Waals surface area (Å²) in [6.07, 6.45) is 2.45. The summed E-state index contributed by atoms with van der Waals surface area (Å²) in [5, 5.41) is 10.6. The minimum atomic E-state index is -3.85. The summed E-state index contributed by atoms with van der Waals surface area (Å²) in [4.78, 5) is 9.47. The average molecular weight is 316 g/mol. The number of hydrogen-bond acceptors (Lipinski definition) is 4. The van der Waals surface area contributed by atoms with E-state index in [1.54, 1.807) is 0 Å². The zero-order valence-corrected chi connectivity index (χ0v) is 12.6. The van der Waals surface area contributed by atoms with Crippen molar-refractivity contribution in [3.8, 4) is 0 Å². The van der Waals surface area contributed by atoms with E-state index in [2.05, 4.69) is 0 Å². The van der Waals surface area contributed by atoms with Gasteiger partial charge in [0.1, 0.15) is 0 Å². The van der Waals surface area contributed by atoms with Crippen molar-refractivity contribution in [2.75, 3.05) is 0 Å². The van der Waals surface area contributed by atoms with E-state index in [1.165, 1.54) is 4.31 Å². The van der Waals surface area contributed by atoms with Crippen LogP contribution in [0.1, 0.15) is 33.1 Å². The topological polar surface area (TPSA) is 80.5 Å². The van der Waals surface area contributed by atoms with Crippen molar-refractivity contribution in [2.45, 2.75) is 50.1 Å². The Morgan fingerprint density at radius 2 is 1.86 bits per heavy atom. The number of benzene rings is 1. The van der Waals surface area contributed by atoms with Crippen LogP contribution in [0.25, 0.3) is 0 Å². The van der Waals surface area contributed by atoms with E-state index in [-0.39, 0.29) is 17.0 Å². The van der Waals surface area contributed by atoms with Crippen LogP contribution in [0.3, 0.4) is 0 Å². The molecule has 21 heavy (non-hydrogen) atoms. The molecule has 2 atom stereocenters. The molecule has 0 amide bonds. The lowest BCUT2D eigenvalue weighted by Crippen LogP contribution is -2.47. The zero-order valence-electron chi connectivity index (χ0n) is 11.8. The molecule has 0 aliphatic carbocycles. The van der Waals surface area contributed by atoms with E-state index in [4.69, 9.17) is 0 Å². The molecule has 2 rings (SSSR count). The lowest BCUT2D eigenvalue weighted by molar-refractivity contribution is -0.387. The normalized spacial score (nSPS) is 24.0. The van der Waals surface area contributed by atoms with E-state index in [1.807, 2.05) is 13.8 Å². The number of nitrogens with zero attached hydrogens (tertiary/aromatic N) is 2. The molecular weight excluding hydrogens is 299 g/mol. The maximum atomic E-state index is 13.7. The van der Waals surface area contributed by atoms with Crippen LogP contribution in [0.5, 0.6) is 0 Å². The van der Waals surface area contributed by atoms with E-state index in [9.17, 15) is 22.9 Å². The second-order valence-electron chi connectivity index (χ2n) is 5.33. The van der Waals surface area contributed by atoms with Gasteiger partial charge in [-0.3, -0.25) is 10.1 Å². The number of sulfonamides is 1. The Morgan fingerprint density at radius 3 is 2.33 bits per heavy atom. The molecule has 1 aromatic rings. The van der Waals surface area contributed by atoms with E-state index >= 15 is 0 Å². The Hall–Kier alpha value is -1.54. The van der Waals surface area contributed by atoms with Gasteiger partial charge in [0.2, 0.25) is 15.8 Å². The largest absolute Gasteiger partial charge is 0.304 e. The van der Waals surface area contributed by atoms with Crippen molar-refractivity contribution in [3.05, 3.63) is 34.1 Å². The van der Waals surface area contributed by atoms with Crippen LogP contribution in [-0.2, 0) is 10.0 Å². The molecule has 8 heteroatoms. The molecule has 0 saturated carbocycles. The van der Waals surface area contributed by atoms with Gasteiger partial charge in [-0.05, 0) is 32.8 Å². The number of hydrogen-bond donors (Lipinski definition) is 0. The highest BCUT2D eigenvalue weighted by Crippen LogP contribution is 2.31. The molecule has 0 bridgehead atoms. The average Bonchev–Trinajstić information content (AvgIpc) is 2.37. The molecule has 1 heterocycles. The molecule has 1 saturated heterocycles. The van der Waals surface area contributed by atoms with Crippen molar-refractivity contribution < 1.29 is 17.7 Å². The van der Waals surface area contributed by atoms with Gasteiger partial charge in [-0.25, -0.2) is 8.42 Å². The van der Waals surface area contributed by atoms with Crippen LogP contribution in [0.15, 0.2) is 23.1 Å². The molecule has 0 radical (unpaired) electrons. The molecule has 0 N–H and O–H groups in total. The fraction of sp³-hybridized carbons (Fsp3) is 0.538. The summed E-state index contributed by atoms with van der Waals surface area (Å²) in [6.45, 7) is 3.63. The molecule has 1 fully saturated rings. The SMILES string of the molecule is CC1CCCC(C)N1S(=O)(=O)c1ccc([N+](=O)[O-])c(F)c1. The fourth-order valence-corrected chi connectivity index (χ4v) is 4.68. The fourth-order valence-electron chi connectivity index (χ4n) is 2.79. The number of nitro benzene ring substituents is 1. The highest BCUT2D eigenvalue weighted by Gasteiger charge is 2.36. The molecule has 0 aromatic heterocycles. The van der Waals surface area contributed by atoms with Gasteiger partial charge in [-0.1, -0.05) is 6.42 Å². The van der Waals surface area contributed by atoms with E-state index in [0.29, 0.717) is 0 Å². The van der Waals surface area contributed by atoms with Gasteiger partial charge >= 0.3 is 5.69 Å². The highest BCUT2D eigenvalue weighted by molar-refractivity contribution is 7.89. The van der Waals surface area contributed by atoms with Crippen LogP contribution >= 0.6 is 0 Å². The van der Waals surface area contributed by atoms with Crippen LogP contribution in [0.2, 0.25) is 0 Å². The highest BCUT2D eigenvalue weighted by atomic mass is 32.2. The Balaban J connectivity index is 2.44. The second-order valence-corrected chi connectivity index (χ2v) is 7.18. The van der Waals surface area contributed by atoms with Crippen molar-refractivity contribution in [3.63, 3.8) is 0 Å². The van der Waals surface area contributed by atoms with Gasteiger partial charge in [0.15, 0.2) is 0 Å². The molecule has 1 aliphatic rings. The van der Waals surface area contributed by atoms with Crippen LogP contribution in [0, 0.1) is 15.9 Å². The van der Waals surface area contributed by atoms with Crippen molar-refractivity contribution >= 4 is 15.7 Å². The molecule has 0 spiro atoms. The van der Waals surface area contributed by atoms with Gasteiger partial charge in [-0.2, -0.15) is 8.70 Å². The van der Waals surface area contributed by atoms with E-state index < -0.39 is 26.5 Å². The Morgan fingerprint density at radius 1 is 1.29 bits per heavy atom. The molecule has 116 valence electrons. The molecule has 6 nitrogen and oxygen atoms in total. The zero-order chi connectivity index (χ0) is 15.8. The van der Waals surface area contributed by atoms with Crippen LogP contribution in [0.4, 0.5) is 10.1 Å². The molecular formula is C13H17FN2O4S. The summed E-state index contributed by atoms with van der Waals surface area (Å²) in [5.74, 6) is -1.14. The number of piperidine rings is 1. The van der Waals surface area contributed by atoms with Crippen LogP contribution in [-0.4, -0.2) is 29.7 Å². The quantitative estimate of drug-likeness (QED) is 0.634. The Kier molecular flexibility index (Phi) is 4.29. The second kappa shape index (κ2) is 5.69. The summed E-state index contributed by atoms with van der Waals surface area (Å²) in [7, 11) is -3.85. The molecule has 1 aliphatic heterocycles. The van der Waals surface area contributed by atoms with Gasteiger partial charge in [0.05, 0.1) is 9.82 Å². The van der Waals surface area contributed by atoms with E-state index in [0.717, 1.165) is 37.5 Å². The first kappa shape index (κ1) is 15.8. The standard InChI is InChI=1S/C13H17FN2O4S/c1-9-4-3-5-10(2)15(9)21(19,20)11-6-7-13(16(17)18)12(14)8-11/h6-10H,3-5H2,1-2H3. The minimum absolute atomic E-state index is 0.169. The molecule has 2 unspecified atom stereocenters. The lowest BCUT2D eigenvalue weighted by atomic mass is 10.0. The van der Waals surface area contributed by atoms with Gasteiger partial charge in [-0.15, -0.1) is 0 Å². The maximum Gasteiger partial charge on any atom is 0.304 e.